The van der Waals surface area contributed by atoms with Gasteiger partial charge in [0.1, 0.15) is 12.1 Å². The average molecular weight is 350 g/mol. The lowest BCUT2D eigenvalue weighted by molar-refractivity contribution is -0.141. The number of hydrogen-bond acceptors (Lipinski definition) is 4. The summed E-state index contributed by atoms with van der Waals surface area (Å²) >= 11 is 0. The van der Waals surface area contributed by atoms with E-state index in [0.717, 1.165) is 17.7 Å². The number of imide groups is 1. The monoisotopic (exact) mass is 350 g/mol. The van der Waals surface area contributed by atoms with Crippen LogP contribution in [0.2, 0.25) is 0 Å². The summed E-state index contributed by atoms with van der Waals surface area (Å²) in [7, 11) is 0. The minimum absolute atomic E-state index is 0.264. The Balaban J connectivity index is 1.64. The van der Waals surface area contributed by atoms with E-state index in [1.54, 1.807) is 0 Å². The van der Waals surface area contributed by atoms with Crippen molar-refractivity contribution in [3.63, 3.8) is 0 Å². The van der Waals surface area contributed by atoms with Crippen molar-refractivity contribution in [3.05, 3.63) is 0 Å². The van der Waals surface area contributed by atoms with E-state index in [9.17, 15) is 19.2 Å². The maximum Gasteiger partial charge on any atom is 0.325 e. The highest BCUT2D eigenvalue weighted by atomic mass is 16.2. The SMILES string of the molecule is CC1CCC2(CC1)NC(=O)N(CC(=O)N1CCCC(C(N)=O)C1)C2=O. The first-order chi connectivity index (χ1) is 11.8. The third-order valence-corrected chi connectivity index (χ3v) is 5.84. The molecular weight excluding hydrogens is 324 g/mol. The van der Waals surface area contributed by atoms with Crippen molar-refractivity contribution in [2.75, 3.05) is 19.6 Å². The molecule has 138 valence electrons. The maximum atomic E-state index is 12.8. The molecule has 2 saturated heterocycles. The number of nitrogens with one attached hydrogen (secondary N) is 1. The molecule has 8 heteroatoms. The van der Waals surface area contributed by atoms with Gasteiger partial charge in [0.25, 0.3) is 5.91 Å². The van der Waals surface area contributed by atoms with Gasteiger partial charge in [0, 0.05) is 13.1 Å². The Hall–Kier alpha value is -2.12. The Morgan fingerprint density at radius 1 is 1.24 bits per heavy atom. The minimum Gasteiger partial charge on any atom is -0.369 e. The first-order valence-corrected chi connectivity index (χ1v) is 9.03. The molecule has 8 nitrogen and oxygen atoms in total. The molecular formula is C17H26N4O4. The van der Waals surface area contributed by atoms with Crippen molar-refractivity contribution in [2.45, 2.75) is 51.0 Å². The zero-order valence-electron chi connectivity index (χ0n) is 14.6. The van der Waals surface area contributed by atoms with Crippen molar-refractivity contribution in [3.8, 4) is 0 Å². The van der Waals surface area contributed by atoms with Crippen LogP contribution in [0, 0.1) is 11.8 Å². The van der Waals surface area contributed by atoms with Crippen LogP contribution in [-0.2, 0) is 14.4 Å². The van der Waals surface area contributed by atoms with Crippen LogP contribution in [0.1, 0.15) is 45.4 Å². The van der Waals surface area contributed by atoms with Crippen LogP contribution in [0.3, 0.4) is 0 Å². The highest BCUT2D eigenvalue weighted by Crippen LogP contribution is 2.36. The lowest BCUT2D eigenvalue weighted by atomic mass is 9.77. The van der Waals surface area contributed by atoms with Crippen molar-refractivity contribution < 1.29 is 19.2 Å². The van der Waals surface area contributed by atoms with Gasteiger partial charge in [0.2, 0.25) is 11.8 Å². The summed E-state index contributed by atoms with van der Waals surface area (Å²) in [6, 6.07) is -0.489. The van der Waals surface area contributed by atoms with Crippen molar-refractivity contribution in [1.29, 1.82) is 0 Å². The van der Waals surface area contributed by atoms with Gasteiger partial charge >= 0.3 is 6.03 Å². The van der Waals surface area contributed by atoms with Crippen molar-refractivity contribution >= 4 is 23.8 Å². The van der Waals surface area contributed by atoms with Gasteiger partial charge in [-0.15, -0.1) is 0 Å². The lowest BCUT2D eigenvalue weighted by Gasteiger charge is -2.34. The fourth-order valence-corrected chi connectivity index (χ4v) is 4.08. The zero-order valence-corrected chi connectivity index (χ0v) is 14.6. The number of nitrogens with zero attached hydrogens (tertiary/aromatic N) is 2. The van der Waals surface area contributed by atoms with Crippen LogP contribution >= 0.6 is 0 Å². The van der Waals surface area contributed by atoms with Gasteiger partial charge in [0.05, 0.1) is 5.92 Å². The number of likely N-dealkylation sites (tertiary alicyclic amines) is 1. The summed E-state index contributed by atoms with van der Waals surface area (Å²) in [6.07, 6.45) is 4.39. The molecule has 0 aromatic carbocycles. The number of carbonyl (C=O) groups excluding carboxylic acids is 4. The van der Waals surface area contributed by atoms with E-state index < -0.39 is 17.5 Å². The van der Waals surface area contributed by atoms with E-state index >= 15 is 0 Å². The molecule has 1 aliphatic carbocycles. The first kappa shape index (κ1) is 17.7. The molecule has 1 atom stereocenters. The number of primary amides is 1. The second-order valence-corrected chi connectivity index (χ2v) is 7.67. The summed E-state index contributed by atoms with van der Waals surface area (Å²) in [5, 5.41) is 2.82. The normalized spacial score (nSPS) is 32.8. The molecule has 0 bridgehead atoms. The summed E-state index contributed by atoms with van der Waals surface area (Å²) < 4.78 is 0. The van der Waals surface area contributed by atoms with Crippen LogP contribution in [-0.4, -0.2) is 58.7 Å². The number of amides is 5. The van der Waals surface area contributed by atoms with Crippen LogP contribution in [0.15, 0.2) is 0 Å². The number of nitrogens with two attached hydrogens (primary N) is 1. The zero-order chi connectivity index (χ0) is 18.2. The van der Waals surface area contributed by atoms with Crippen LogP contribution in [0.25, 0.3) is 0 Å². The number of hydrogen-bond donors (Lipinski definition) is 2. The average Bonchev–Trinajstić information content (AvgIpc) is 2.82. The van der Waals surface area contributed by atoms with Gasteiger partial charge in [-0.3, -0.25) is 19.3 Å². The summed E-state index contributed by atoms with van der Waals surface area (Å²) in [5.74, 6) is -0.822. The van der Waals surface area contributed by atoms with Gasteiger partial charge in [0.15, 0.2) is 0 Å². The quantitative estimate of drug-likeness (QED) is 0.708. The fraction of sp³-hybridized carbons (Fsp3) is 0.765. The molecule has 3 N–H and O–H groups in total. The Bertz CT molecular complexity index is 597. The van der Waals surface area contributed by atoms with Gasteiger partial charge in [-0.25, -0.2) is 4.79 Å². The maximum absolute atomic E-state index is 12.8. The molecule has 2 aliphatic heterocycles. The molecule has 5 amide bonds. The molecule has 1 saturated carbocycles. The summed E-state index contributed by atoms with van der Waals surface area (Å²) in [6.45, 7) is 2.66. The highest BCUT2D eigenvalue weighted by molar-refractivity contribution is 6.09. The third kappa shape index (κ3) is 3.34. The third-order valence-electron chi connectivity index (χ3n) is 5.84. The van der Waals surface area contributed by atoms with Gasteiger partial charge in [-0.05, 0) is 44.4 Å². The van der Waals surface area contributed by atoms with E-state index in [4.69, 9.17) is 5.73 Å². The Morgan fingerprint density at radius 2 is 1.92 bits per heavy atom. The number of piperidine rings is 1. The predicted octanol–water partition coefficient (Wildman–Crippen LogP) is 0.211. The standard InChI is InChI=1S/C17H26N4O4/c1-11-4-6-17(7-5-11)15(24)21(16(25)19-17)10-13(22)20-8-2-3-12(9-20)14(18)23/h11-12H,2-10H2,1H3,(H2,18,23)(H,19,25). The molecule has 25 heavy (non-hydrogen) atoms. The molecule has 2 heterocycles. The topological polar surface area (TPSA) is 113 Å². The molecule has 1 spiro atoms. The Morgan fingerprint density at radius 3 is 2.56 bits per heavy atom. The molecule has 0 aromatic heterocycles. The number of carbonyl (C=O) groups is 4. The minimum atomic E-state index is -0.832. The van der Waals surface area contributed by atoms with Crippen molar-refractivity contribution in [2.24, 2.45) is 17.6 Å². The summed E-state index contributed by atoms with van der Waals surface area (Å²) in [5.41, 5.74) is 4.50. The molecule has 3 aliphatic rings. The van der Waals surface area contributed by atoms with Crippen molar-refractivity contribution in [1.82, 2.24) is 15.1 Å². The van der Waals surface area contributed by atoms with Gasteiger partial charge in [-0.2, -0.15) is 0 Å². The van der Waals surface area contributed by atoms with Gasteiger partial charge < -0.3 is 16.0 Å². The fourth-order valence-electron chi connectivity index (χ4n) is 4.08. The predicted molar refractivity (Wildman–Crippen MR) is 89.1 cm³/mol. The Labute approximate surface area is 147 Å². The molecule has 3 fully saturated rings. The lowest BCUT2D eigenvalue weighted by Crippen LogP contribution is -2.51. The second kappa shape index (κ2) is 6.65. The van der Waals surface area contributed by atoms with E-state index in [1.165, 1.54) is 4.90 Å². The van der Waals surface area contributed by atoms with Crippen LogP contribution < -0.4 is 11.1 Å². The van der Waals surface area contributed by atoms with Crippen LogP contribution in [0.4, 0.5) is 4.79 Å². The van der Waals surface area contributed by atoms with Gasteiger partial charge in [-0.1, -0.05) is 6.92 Å². The smallest absolute Gasteiger partial charge is 0.325 e. The Kier molecular flexibility index (Phi) is 4.71. The molecule has 1 unspecified atom stereocenters. The van der Waals surface area contributed by atoms with Crippen LogP contribution in [0.5, 0.6) is 0 Å². The largest absolute Gasteiger partial charge is 0.369 e. The van der Waals surface area contributed by atoms with E-state index in [-0.39, 0.29) is 30.8 Å². The molecule has 0 radical (unpaired) electrons. The number of urea groups is 1. The summed E-state index contributed by atoms with van der Waals surface area (Å²) in [4.78, 5) is 51.5. The highest BCUT2D eigenvalue weighted by Gasteiger charge is 2.52. The molecule has 0 aromatic rings. The molecule has 3 rings (SSSR count). The first-order valence-electron chi connectivity index (χ1n) is 9.03. The van der Waals surface area contributed by atoms with E-state index in [2.05, 4.69) is 12.2 Å². The van der Waals surface area contributed by atoms with E-state index in [0.29, 0.717) is 38.1 Å². The number of rotatable bonds is 3. The van der Waals surface area contributed by atoms with E-state index in [1.807, 2.05) is 0 Å². The second-order valence-electron chi connectivity index (χ2n) is 7.67.